The first-order chi connectivity index (χ1) is 17.9. The first-order valence-corrected chi connectivity index (χ1v) is 13.8. The maximum atomic E-state index is 13.0. The highest BCUT2D eigenvalue weighted by molar-refractivity contribution is 6.39. The number of hydrogen-bond donors (Lipinski definition) is 5. The maximum Gasteiger partial charge on any atom is 0.314 e. The fourth-order valence-electron chi connectivity index (χ4n) is 8.34. The van der Waals surface area contributed by atoms with E-state index in [2.05, 4.69) is 25.6 Å². The van der Waals surface area contributed by atoms with Gasteiger partial charge in [-0.3, -0.25) is 14.3 Å². The van der Waals surface area contributed by atoms with Gasteiger partial charge >= 0.3 is 11.8 Å². The SMILES string of the molecule is COC1CCC(NC(=O)C(=O)Nc2nn(C3[C@@H]4CC5C[C@H]3CC(O)(C5)C4)c3c2CNc2[nH]ccc2-3)CC1. The van der Waals surface area contributed by atoms with E-state index in [0.29, 0.717) is 30.1 Å². The molecule has 2 amide bonds. The van der Waals surface area contributed by atoms with Gasteiger partial charge in [0, 0.05) is 37.0 Å². The number of methoxy groups -OCH3 is 1. The number of aromatic nitrogens is 3. The molecule has 5 saturated carbocycles. The van der Waals surface area contributed by atoms with Crippen LogP contribution in [0.4, 0.5) is 11.6 Å². The maximum absolute atomic E-state index is 13.0. The van der Waals surface area contributed by atoms with Crippen molar-refractivity contribution in [1.82, 2.24) is 20.1 Å². The number of hydrogen-bond acceptors (Lipinski definition) is 6. The van der Waals surface area contributed by atoms with E-state index in [1.54, 1.807) is 7.11 Å². The first-order valence-electron chi connectivity index (χ1n) is 13.8. The van der Waals surface area contributed by atoms with Crippen molar-refractivity contribution in [3.8, 4) is 11.3 Å². The standard InChI is InChI=1S/C27H36N6O4/c1-37-18-4-2-17(3-5-18)30-25(34)26(35)31-24-20-13-29-23-19(6-7-28-23)22(20)33(32-24)21-15-8-14-9-16(21)12-27(36,10-14)11-15/h6-7,14-18,21,28-29,36H,2-5,8-13H2,1H3,(H,30,34)(H,31,32,35)/t14?,15-,16+,17?,18?,21?,27?. The number of ether oxygens (including phenoxy) is 1. The highest BCUT2D eigenvalue weighted by Gasteiger charge is 2.56. The second kappa shape index (κ2) is 8.59. The molecule has 10 heteroatoms. The van der Waals surface area contributed by atoms with Crippen molar-refractivity contribution < 1.29 is 19.4 Å². The number of nitrogens with one attached hydrogen (secondary N) is 4. The van der Waals surface area contributed by atoms with Crippen molar-refractivity contribution in [2.24, 2.45) is 17.8 Å². The zero-order valence-electron chi connectivity index (χ0n) is 21.3. The Balaban J connectivity index is 1.16. The minimum Gasteiger partial charge on any atom is -0.390 e. The van der Waals surface area contributed by atoms with Crippen LogP contribution in [0.15, 0.2) is 12.3 Å². The molecule has 37 heavy (non-hydrogen) atoms. The third-order valence-corrected chi connectivity index (χ3v) is 9.71. The van der Waals surface area contributed by atoms with Gasteiger partial charge in [0.05, 0.1) is 23.4 Å². The molecule has 5 aliphatic carbocycles. The minimum atomic E-state index is -0.680. The summed E-state index contributed by atoms with van der Waals surface area (Å²) in [6, 6.07) is 2.21. The van der Waals surface area contributed by atoms with Crippen LogP contribution in [0.2, 0.25) is 0 Å². The van der Waals surface area contributed by atoms with E-state index >= 15 is 0 Å². The molecular formula is C27H36N6O4. The molecule has 6 aliphatic rings. The highest BCUT2D eigenvalue weighted by atomic mass is 16.5. The molecule has 1 aliphatic heterocycles. The summed E-state index contributed by atoms with van der Waals surface area (Å²) in [7, 11) is 1.72. The molecule has 0 spiro atoms. The van der Waals surface area contributed by atoms with Crippen molar-refractivity contribution >= 4 is 23.5 Å². The summed E-state index contributed by atoms with van der Waals surface area (Å²) >= 11 is 0. The topological polar surface area (TPSA) is 133 Å². The summed E-state index contributed by atoms with van der Waals surface area (Å²) in [4.78, 5) is 29.1. The molecule has 5 atom stereocenters. The van der Waals surface area contributed by atoms with Crippen LogP contribution in [0, 0.1) is 17.8 Å². The Morgan fingerprint density at radius 3 is 2.59 bits per heavy atom. The fraction of sp³-hybridized carbons (Fsp3) is 0.667. The van der Waals surface area contributed by atoms with E-state index in [1.807, 2.05) is 12.3 Å². The number of carbonyl (C=O) groups excluding carboxylic acids is 2. The molecule has 198 valence electrons. The third-order valence-electron chi connectivity index (χ3n) is 9.71. The van der Waals surface area contributed by atoms with Gasteiger partial charge in [0.1, 0.15) is 5.82 Å². The Bertz CT molecular complexity index is 1210. The average Bonchev–Trinajstić information content (AvgIpc) is 3.48. The van der Waals surface area contributed by atoms with Gasteiger partial charge in [0.15, 0.2) is 5.82 Å². The summed E-state index contributed by atoms with van der Waals surface area (Å²) in [5.41, 5.74) is 2.41. The minimum absolute atomic E-state index is 0.0148. The van der Waals surface area contributed by atoms with Crippen molar-refractivity contribution in [2.75, 3.05) is 17.7 Å². The van der Waals surface area contributed by atoms with E-state index in [4.69, 9.17) is 9.84 Å². The van der Waals surface area contributed by atoms with Gasteiger partial charge < -0.3 is 30.8 Å². The van der Waals surface area contributed by atoms with Gasteiger partial charge in [0.2, 0.25) is 0 Å². The first kappa shape index (κ1) is 23.3. The predicted octanol–water partition coefficient (Wildman–Crippen LogP) is 2.93. The molecule has 2 aromatic rings. The van der Waals surface area contributed by atoms with Crippen LogP contribution < -0.4 is 16.0 Å². The summed E-state index contributed by atoms with van der Waals surface area (Å²) in [5.74, 6) is 1.42. The number of rotatable bonds is 4. The van der Waals surface area contributed by atoms with E-state index in [-0.39, 0.29) is 18.2 Å². The molecule has 10 nitrogen and oxygen atoms in total. The van der Waals surface area contributed by atoms with Crippen LogP contribution >= 0.6 is 0 Å². The van der Waals surface area contributed by atoms with E-state index in [9.17, 15) is 14.7 Å². The summed E-state index contributed by atoms with van der Waals surface area (Å²) in [6.45, 7) is 0.510. The molecule has 5 fully saturated rings. The fourth-order valence-corrected chi connectivity index (χ4v) is 8.34. The van der Waals surface area contributed by atoms with Crippen molar-refractivity contribution in [3.05, 3.63) is 17.8 Å². The number of aromatic amines is 1. The number of anilines is 2. The number of nitrogens with zero attached hydrogens (tertiary/aromatic N) is 2. The van der Waals surface area contributed by atoms with Crippen LogP contribution in [0.25, 0.3) is 11.3 Å². The number of fused-ring (bicyclic) bond motifs is 3. The lowest BCUT2D eigenvalue weighted by Crippen LogP contribution is -2.55. The predicted molar refractivity (Wildman–Crippen MR) is 137 cm³/mol. The Labute approximate surface area is 215 Å². The Kier molecular flexibility index (Phi) is 5.41. The van der Waals surface area contributed by atoms with Crippen LogP contribution in [0.1, 0.15) is 69.4 Å². The van der Waals surface area contributed by atoms with Gasteiger partial charge in [0.25, 0.3) is 0 Å². The molecule has 3 heterocycles. The zero-order chi connectivity index (χ0) is 25.3. The Morgan fingerprint density at radius 1 is 1.14 bits per heavy atom. The monoisotopic (exact) mass is 508 g/mol. The van der Waals surface area contributed by atoms with Crippen molar-refractivity contribution in [3.63, 3.8) is 0 Å². The second-order valence-corrected chi connectivity index (χ2v) is 12.1. The van der Waals surface area contributed by atoms with Crippen LogP contribution in [0.3, 0.4) is 0 Å². The molecule has 0 saturated heterocycles. The smallest absolute Gasteiger partial charge is 0.314 e. The van der Waals surface area contributed by atoms with Gasteiger partial charge in [-0.15, -0.1) is 0 Å². The van der Waals surface area contributed by atoms with Crippen LogP contribution in [-0.2, 0) is 20.9 Å². The molecule has 5 N–H and O–H groups in total. The van der Waals surface area contributed by atoms with E-state index < -0.39 is 17.4 Å². The lowest BCUT2D eigenvalue weighted by atomic mass is 9.52. The second-order valence-electron chi connectivity index (χ2n) is 12.1. The quantitative estimate of drug-likeness (QED) is 0.403. The Morgan fingerprint density at radius 2 is 1.89 bits per heavy atom. The molecule has 3 unspecified atom stereocenters. The van der Waals surface area contributed by atoms with Gasteiger partial charge in [-0.05, 0) is 81.6 Å². The lowest BCUT2D eigenvalue weighted by Gasteiger charge is -2.58. The van der Waals surface area contributed by atoms with Crippen LogP contribution in [-0.4, -0.2) is 56.5 Å². The Hall–Kier alpha value is -2.85. The van der Waals surface area contributed by atoms with Gasteiger partial charge in [-0.2, -0.15) is 5.10 Å². The summed E-state index contributed by atoms with van der Waals surface area (Å²) < 4.78 is 7.54. The normalized spacial score (nSPS) is 35.4. The molecule has 8 rings (SSSR count). The van der Waals surface area contributed by atoms with Gasteiger partial charge in [-0.1, -0.05) is 0 Å². The molecule has 0 radical (unpaired) electrons. The number of carbonyl (C=O) groups is 2. The number of amides is 2. The number of aliphatic hydroxyl groups is 1. The number of H-pyrrole nitrogens is 1. The summed E-state index contributed by atoms with van der Waals surface area (Å²) in [5, 5.41) is 25.2. The largest absolute Gasteiger partial charge is 0.390 e. The molecular weight excluding hydrogens is 472 g/mol. The highest BCUT2D eigenvalue weighted by Crippen LogP contribution is 2.60. The van der Waals surface area contributed by atoms with Crippen molar-refractivity contribution in [1.29, 1.82) is 0 Å². The zero-order valence-corrected chi connectivity index (χ0v) is 21.3. The lowest BCUT2D eigenvalue weighted by molar-refractivity contribution is -0.148. The summed E-state index contributed by atoms with van der Waals surface area (Å²) in [6.07, 6.45) is 10.3. The van der Waals surface area contributed by atoms with Crippen LogP contribution in [0.5, 0.6) is 0 Å². The molecule has 4 bridgehead atoms. The van der Waals surface area contributed by atoms with E-state index in [0.717, 1.165) is 80.4 Å². The molecule has 0 aromatic carbocycles. The third kappa shape index (κ3) is 3.87. The molecule has 2 aromatic heterocycles. The van der Waals surface area contributed by atoms with E-state index in [1.165, 1.54) is 0 Å². The van der Waals surface area contributed by atoms with Crippen molar-refractivity contribution in [2.45, 2.75) is 88.1 Å². The van der Waals surface area contributed by atoms with Gasteiger partial charge in [-0.25, -0.2) is 0 Å². The average molecular weight is 509 g/mol.